The van der Waals surface area contributed by atoms with Gasteiger partial charge in [-0.25, -0.2) is 0 Å². The molecule has 0 atom stereocenters. The Bertz CT molecular complexity index is 212. The molecule has 0 bridgehead atoms. The minimum absolute atomic E-state index is 0.224. The number of esters is 1. The molecule has 0 saturated heterocycles. The van der Waals surface area contributed by atoms with Gasteiger partial charge in [0.15, 0.2) is 0 Å². The number of hydrogen-bond acceptors (Lipinski definition) is 2. The number of allylic oxidation sites excluding steroid dienone is 4. The van der Waals surface area contributed by atoms with Crippen LogP contribution in [0.1, 0.15) is 13.3 Å². The maximum atomic E-state index is 10.6. The molecule has 0 aliphatic heterocycles. The minimum atomic E-state index is -0.224. The topological polar surface area (TPSA) is 26.3 Å². The second-order valence-electron chi connectivity index (χ2n) is 2.33. The Morgan fingerprint density at radius 3 is 2.75 bits per heavy atom. The summed E-state index contributed by atoms with van der Waals surface area (Å²) in [5.41, 5.74) is 1.06. The summed E-state index contributed by atoms with van der Waals surface area (Å²) < 4.78 is 4.46. The Morgan fingerprint density at radius 2 is 2.25 bits per heavy atom. The quantitative estimate of drug-likeness (QED) is 0.473. The van der Waals surface area contributed by atoms with Crippen molar-refractivity contribution in [2.24, 2.45) is 0 Å². The van der Waals surface area contributed by atoms with E-state index >= 15 is 0 Å². The van der Waals surface area contributed by atoms with Gasteiger partial charge in [-0.2, -0.15) is 0 Å². The van der Waals surface area contributed by atoms with Crippen LogP contribution in [-0.2, 0) is 9.53 Å². The Morgan fingerprint density at radius 1 is 1.58 bits per heavy atom. The largest absolute Gasteiger partial charge is 0.469 e. The Labute approximate surface area is 73.2 Å². The maximum Gasteiger partial charge on any atom is 0.309 e. The van der Waals surface area contributed by atoms with E-state index in [1.54, 1.807) is 12.2 Å². The number of carbonyl (C=O) groups is 1. The first-order valence-corrected chi connectivity index (χ1v) is 3.73. The van der Waals surface area contributed by atoms with Crippen LogP contribution in [0.25, 0.3) is 0 Å². The molecule has 0 N–H and O–H groups in total. The first-order valence-electron chi connectivity index (χ1n) is 3.73. The van der Waals surface area contributed by atoms with Crippen LogP contribution >= 0.6 is 0 Å². The van der Waals surface area contributed by atoms with Crippen molar-refractivity contribution in [1.82, 2.24) is 0 Å². The van der Waals surface area contributed by atoms with Gasteiger partial charge in [0.2, 0.25) is 0 Å². The van der Waals surface area contributed by atoms with Crippen molar-refractivity contribution < 1.29 is 9.53 Å². The summed E-state index contributed by atoms with van der Waals surface area (Å²) in [7, 11) is 1.38. The normalized spacial score (nSPS) is 11.7. The molecule has 0 aliphatic carbocycles. The summed E-state index contributed by atoms with van der Waals surface area (Å²) in [6.45, 7) is 5.50. The van der Waals surface area contributed by atoms with E-state index in [2.05, 4.69) is 11.3 Å². The van der Waals surface area contributed by atoms with E-state index in [0.717, 1.165) is 5.57 Å². The molecule has 12 heavy (non-hydrogen) atoms. The highest BCUT2D eigenvalue weighted by atomic mass is 16.5. The lowest BCUT2D eigenvalue weighted by atomic mass is 10.2. The summed E-state index contributed by atoms with van der Waals surface area (Å²) in [5, 5.41) is 0. The van der Waals surface area contributed by atoms with E-state index in [9.17, 15) is 4.79 Å². The van der Waals surface area contributed by atoms with Crippen molar-refractivity contribution in [1.29, 1.82) is 0 Å². The molecule has 0 radical (unpaired) electrons. The van der Waals surface area contributed by atoms with E-state index in [4.69, 9.17) is 0 Å². The molecule has 0 amide bonds. The van der Waals surface area contributed by atoms with Crippen LogP contribution in [0.2, 0.25) is 0 Å². The average Bonchev–Trinajstić information content (AvgIpc) is 2.04. The van der Waals surface area contributed by atoms with Gasteiger partial charge in [0.05, 0.1) is 13.5 Å². The van der Waals surface area contributed by atoms with Crippen molar-refractivity contribution in [3.05, 3.63) is 36.5 Å². The third-order valence-electron chi connectivity index (χ3n) is 1.27. The van der Waals surface area contributed by atoms with Gasteiger partial charge < -0.3 is 4.74 Å². The third-order valence-corrected chi connectivity index (χ3v) is 1.27. The van der Waals surface area contributed by atoms with Gasteiger partial charge >= 0.3 is 5.97 Å². The Balaban J connectivity index is 3.83. The fourth-order valence-electron chi connectivity index (χ4n) is 0.666. The molecular formula is C10H14O2. The van der Waals surface area contributed by atoms with Crippen LogP contribution < -0.4 is 0 Å². The highest BCUT2D eigenvalue weighted by molar-refractivity contribution is 5.71. The SMILES string of the molecule is C=C/C=C(C)\C=C/CC(=O)OC. The van der Waals surface area contributed by atoms with Crippen molar-refractivity contribution in [2.45, 2.75) is 13.3 Å². The van der Waals surface area contributed by atoms with Crippen LogP contribution in [0.15, 0.2) is 36.5 Å². The molecule has 0 unspecified atom stereocenters. The van der Waals surface area contributed by atoms with Crippen LogP contribution in [0, 0.1) is 0 Å². The van der Waals surface area contributed by atoms with Crippen LogP contribution in [0.3, 0.4) is 0 Å². The van der Waals surface area contributed by atoms with Crippen molar-refractivity contribution >= 4 is 5.97 Å². The Kier molecular flexibility index (Phi) is 5.70. The highest BCUT2D eigenvalue weighted by Gasteiger charge is 1.92. The second kappa shape index (κ2) is 6.40. The monoisotopic (exact) mass is 166 g/mol. The van der Waals surface area contributed by atoms with Gasteiger partial charge in [-0.05, 0) is 6.92 Å². The minimum Gasteiger partial charge on any atom is -0.469 e. The third kappa shape index (κ3) is 5.47. The molecule has 0 aromatic heterocycles. The van der Waals surface area contributed by atoms with Crippen molar-refractivity contribution in [3.63, 3.8) is 0 Å². The van der Waals surface area contributed by atoms with Gasteiger partial charge in [-0.1, -0.05) is 36.5 Å². The van der Waals surface area contributed by atoms with Crippen LogP contribution in [-0.4, -0.2) is 13.1 Å². The summed E-state index contributed by atoms with van der Waals surface area (Å²) >= 11 is 0. The fourth-order valence-corrected chi connectivity index (χ4v) is 0.666. The predicted octanol–water partition coefficient (Wildman–Crippen LogP) is 2.24. The average molecular weight is 166 g/mol. The second-order valence-corrected chi connectivity index (χ2v) is 2.33. The van der Waals surface area contributed by atoms with Gasteiger partial charge in [-0.3, -0.25) is 4.79 Å². The molecule has 66 valence electrons. The summed E-state index contributed by atoms with van der Waals surface area (Å²) in [4.78, 5) is 10.6. The molecule has 0 aromatic rings. The van der Waals surface area contributed by atoms with E-state index in [0.29, 0.717) is 6.42 Å². The van der Waals surface area contributed by atoms with E-state index in [1.807, 2.05) is 19.1 Å². The van der Waals surface area contributed by atoms with Crippen molar-refractivity contribution in [3.8, 4) is 0 Å². The predicted molar refractivity (Wildman–Crippen MR) is 49.7 cm³/mol. The molecule has 2 nitrogen and oxygen atoms in total. The maximum absolute atomic E-state index is 10.6. The molecule has 0 heterocycles. The van der Waals surface area contributed by atoms with E-state index < -0.39 is 0 Å². The smallest absolute Gasteiger partial charge is 0.309 e. The van der Waals surface area contributed by atoms with Gasteiger partial charge in [-0.15, -0.1) is 0 Å². The van der Waals surface area contributed by atoms with Crippen LogP contribution in [0.4, 0.5) is 0 Å². The number of methoxy groups -OCH3 is 1. The standard InChI is InChI=1S/C10H14O2/c1-4-6-9(2)7-5-8-10(11)12-3/h4-7H,1,8H2,2-3H3/b7-5-,9-6-. The lowest BCUT2D eigenvalue weighted by molar-refractivity contribution is -0.139. The molecule has 0 spiro atoms. The lowest BCUT2D eigenvalue weighted by Crippen LogP contribution is -1.96. The first kappa shape index (κ1) is 10.7. The van der Waals surface area contributed by atoms with E-state index in [-0.39, 0.29) is 5.97 Å². The Hall–Kier alpha value is -1.31. The number of carbonyl (C=O) groups excluding carboxylic acids is 1. The van der Waals surface area contributed by atoms with Gasteiger partial charge in [0.1, 0.15) is 0 Å². The molecule has 0 rings (SSSR count). The molecule has 0 aliphatic rings. The summed E-state index contributed by atoms with van der Waals surface area (Å²) in [6.07, 6.45) is 7.52. The van der Waals surface area contributed by atoms with Gasteiger partial charge in [0, 0.05) is 0 Å². The zero-order valence-electron chi connectivity index (χ0n) is 7.54. The molecular weight excluding hydrogens is 152 g/mol. The molecule has 0 aromatic carbocycles. The first-order chi connectivity index (χ1) is 5.70. The van der Waals surface area contributed by atoms with Crippen LogP contribution in [0.5, 0.6) is 0 Å². The molecule has 0 saturated carbocycles. The number of hydrogen-bond donors (Lipinski definition) is 0. The van der Waals surface area contributed by atoms with Crippen molar-refractivity contribution in [2.75, 3.05) is 7.11 Å². The highest BCUT2D eigenvalue weighted by Crippen LogP contribution is 1.96. The molecule has 0 fully saturated rings. The number of ether oxygens (including phenoxy) is 1. The molecule has 2 heteroatoms. The zero-order valence-corrected chi connectivity index (χ0v) is 7.54. The number of rotatable bonds is 4. The fraction of sp³-hybridized carbons (Fsp3) is 0.300. The summed E-state index contributed by atoms with van der Waals surface area (Å²) in [5.74, 6) is -0.224. The van der Waals surface area contributed by atoms with Gasteiger partial charge in [0.25, 0.3) is 0 Å². The lowest BCUT2D eigenvalue weighted by Gasteiger charge is -1.92. The summed E-state index contributed by atoms with van der Waals surface area (Å²) in [6, 6.07) is 0. The zero-order chi connectivity index (χ0) is 9.40. The van der Waals surface area contributed by atoms with E-state index in [1.165, 1.54) is 7.11 Å².